The first-order valence-electron chi connectivity index (χ1n) is 10.5. The van der Waals surface area contributed by atoms with E-state index in [0.717, 1.165) is 37.8 Å². The zero-order chi connectivity index (χ0) is 24.5. The molecule has 0 heterocycles. The van der Waals surface area contributed by atoms with Crippen molar-refractivity contribution in [2.45, 2.75) is 57.5 Å². The molecule has 180 valence electrons. The number of alkyl halides is 3. The number of hydrogen-bond acceptors (Lipinski definition) is 0. The second kappa shape index (κ2) is 9.81. The molecule has 33 heavy (non-hydrogen) atoms. The molecule has 0 aliphatic heterocycles. The van der Waals surface area contributed by atoms with E-state index in [1.54, 1.807) is 0 Å². The summed E-state index contributed by atoms with van der Waals surface area (Å²) in [6.07, 6.45) is -0.143. The molecule has 0 saturated heterocycles. The highest BCUT2D eigenvalue weighted by atomic mass is 19.4. The highest BCUT2D eigenvalue weighted by Gasteiger charge is 2.38. The Morgan fingerprint density at radius 3 is 1.76 bits per heavy atom. The van der Waals surface area contributed by atoms with E-state index in [0.29, 0.717) is 24.3 Å². The smallest absolute Gasteiger partial charge is 0.206 e. The van der Waals surface area contributed by atoms with E-state index >= 15 is 0 Å². The minimum absolute atomic E-state index is 0.0836. The largest absolute Gasteiger partial charge is 0.422 e. The van der Waals surface area contributed by atoms with Crippen LogP contribution in [0.15, 0.2) is 24.3 Å². The average molecular weight is 480 g/mol. The van der Waals surface area contributed by atoms with Gasteiger partial charge in [0, 0.05) is 5.56 Å². The van der Waals surface area contributed by atoms with Gasteiger partial charge in [0.1, 0.15) is 28.8 Å². The Bertz CT molecular complexity index is 998. The molecule has 0 aromatic heterocycles. The standard InChI is InChI=1S/C24H21F9/c1-2-3-12-4-6-13(7-5-12)14-8-16(25)20(17(26)9-14)23(30)22(29)15-10-18(27)21(19(28)11-15)24(31,32)33/h8-13H,2-7H2,1H3/b23-22+. The van der Waals surface area contributed by atoms with E-state index < -0.39 is 57.8 Å². The molecule has 0 spiro atoms. The second-order valence-electron chi connectivity index (χ2n) is 8.31. The van der Waals surface area contributed by atoms with Gasteiger partial charge in [-0.1, -0.05) is 19.8 Å². The molecule has 3 rings (SSSR count). The van der Waals surface area contributed by atoms with Crippen LogP contribution in [0.3, 0.4) is 0 Å². The van der Waals surface area contributed by atoms with Crippen molar-refractivity contribution in [2.24, 2.45) is 5.92 Å². The molecule has 1 fully saturated rings. The first kappa shape index (κ1) is 25.2. The summed E-state index contributed by atoms with van der Waals surface area (Å²) in [6, 6.07) is 1.62. The van der Waals surface area contributed by atoms with Crippen molar-refractivity contribution in [3.8, 4) is 0 Å². The van der Waals surface area contributed by atoms with E-state index in [1.165, 1.54) is 0 Å². The van der Waals surface area contributed by atoms with Crippen LogP contribution in [0.4, 0.5) is 39.5 Å². The highest BCUT2D eigenvalue weighted by Crippen LogP contribution is 2.41. The maximum Gasteiger partial charge on any atom is 0.422 e. The predicted octanol–water partition coefficient (Wildman–Crippen LogP) is 9.10. The minimum Gasteiger partial charge on any atom is -0.206 e. The summed E-state index contributed by atoms with van der Waals surface area (Å²) < 4.78 is 124. The summed E-state index contributed by atoms with van der Waals surface area (Å²) in [7, 11) is 0. The zero-order valence-corrected chi connectivity index (χ0v) is 17.6. The normalized spacial score (nSPS) is 20.1. The summed E-state index contributed by atoms with van der Waals surface area (Å²) in [5.74, 6) is -11.0. The Morgan fingerprint density at radius 2 is 1.30 bits per heavy atom. The molecule has 0 bridgehead atoms. The van der Waals surface area contributed by atoms with Crippen molar-refractivity contribution >= 4 is 11.7 Å². The third-order valence-corrected chi connectivity index (χ3v) is 6.07. The topological polar surface area (TPSA) is 0 Å². The van der Waals surface area contributed by atoms with Crippen LogP contribution in [0.1, 0.15) is 73.6 Å². The lowest BCUT2D eigenvalue weighted by atomic mass is 9.77. The molecule has 0 N–H and O–H groups in total. The molecule has 0 atom stereocenters. The van der Waals surface area contributed by atoms with Crippen LogP contribution in [-0.4, -0.2) is 0 Å². The summed E-state index contributed by atoms with van der Waals surface area (Å²) in [6.45, 7) is 2.07. The van der Waals surface area contributed by atoms with Crippen LogP contribution in [0, 0.1) is 29.2 Å². The number of rotatable bonds is 5. The van der Waals surface area contributed by atoms with Crippen molar-refractivity contribution < 1.29 is 39.5 Å². The molecular weight excluding hydrogens is 459 g/mol. The third-order valence-electron chi connectivity index (χ3n) is 6.07. The summed E-state index contributed by atoms with van der Waals surface area (Å²) in [4.78, 5) is 0. The van der Waals surface area contributed by atoms with Gasteiger partial charge in [-0.3, -0.25) is 0 Å². The first-order chi connectivity index (χ1) is 15.4. The Balaban J connectivity index is 1.93. The molecule has 9 heteroatoms. The van der Waals surface area contributed by atoms with Gasteiger partial charge in [0.05, 0.1) is 5.56 Å². The fourth-order valence-corrected chi connectivity index (χ4v) is 4.44. The zero-order valence-electron chi connectivity index (χ0n) is 17.6. The van der Waals surface area contributed by atoms with Crippen LogP contribution in [0.2, 0.25) is 0 Å². The van der Waals surface area contributed by atoms with Crippen LogP contribution in [0.5, 0.6) is 0 Å². The van der Waals surface area contributed by atoms with Crippen molar-refractivity contribution in [3.05, 3.63) is 69.8 Å². The second-order valence-corrected chi connectivity index (χ2v) is 8.31. The van der Waals surface area contributed by atoms with Crippen LogP contribution < -0.4 is 0 Å². The SMILES string of the molecule is CCCC1CCC(c2cc(F)c(/C(F)=C(\F)c3cc(F)c(C(F)(F)F)c(F)c3)c(F)c2)CC1. The molecular formula is C24H21F9. The maximum absolute atomic E-state index is 14.6. The Kier molecular flexibility index (Phi) is 7.49. The molecule has 0 amide bonds. The van der Waals surface area contributed by atoms with Gasteiger partial charge in [0.15, 0.2) is 11.7 Å². The Labute approximate surface area is 185 Å². The molecule has 0 unspecified atom stereocenters. The number of halogens is 9. The Hall–Kier alpha value is -2.45. The summed E-state index contributed by atoms with van der Waals surface area (Å²) in [5, 5.41) is 0. The molecule has 2 aromatic carbocycles. The monoisotopic (exact) mass is 480 g/mol. The van der Waals surface area contributed by atoms with E-state index in [4.69, 9.17) is 0 Å². The average Bonchev–Trinajstić information content (AvgIpc) is 2.71. The lowest BCUT2D eigenvalue weighted by molar-refractivity contribution is -0.142. The van der Waals surface area contributed by atoms with Crippen molar-refractivity contribution in [1.29, 1.82) is 0 Å². The van der Waals surface area contributed by atoms with Gasteiger partial charge in [-0.25, -0.2) is 26.3 Å². The van der Waals surface area contributed by atoms with Gasteiger partial charge in [-0.05, 0) is 67.3 Å². The van der Waals surface area contributed by atoms with Gasteiger partial charge < -0.3 is 0 Å². The first-order valence-corrected chi connectivity index (χ1v) is 10.5. The lowest BCUT2D eigenvalue weighted by Crippen LogP contribution is -2.14. The number of benzene rings is 2. The van der Waals surface area contributed by atoms with E-state index in [2.05, 4.69) is 6.92 Å². The third kappa shape index (κ3) is 5.38. The molecule has 0 radical (unpaired) electrons. The fourth-order valence-electron chi connectivity index (χ4n) is 4.44. The van der Waals surface area contributed by atoms with Gasteiger partial charge in [0.25, 0.3) is 0 Å². The molecule has 0 nitrogen and oxygen atoms in total. The lowest BCUT2D eigenvalue weighted by Gasteiger charge is -2.28. The quantitative estimate of drug-likeness (QED) is 0.296. The van der Waals surface area contributed by atoms with Gasteiger partial charge >= 0.3 is 6.18 Å². The molecule has 2 aromatic rings. The molecule has 1 aliphatic carbocycles. The number of hydrogen-bond donors (Lipinski definition) is 0. The van der Waals surface area contributed by atoms with E-state index in [-0.39, 0.29) is 18.1 Å². The van der Waals surface area contributed by atoms with Crippen LogP contribution >= 0.6 is 0 Å². The molecule has 1 saturated carbocycles. The van der Waals surface area contributed by atoms with Gasteiger partial charge in [0.2, 0.25) is 0 Å². The van der Waals surface area contributed by atoms with Crippen LogP contribution in [0.25, 0.3) is 11.7 Å². The van der Waals surface area contributed by atoms with Crippen molar-refractivity contribution in [3.63, 3.8) is 0 Å². The summed E-state index contributed by atoms with van der Waals surface area (Å²) in [5.41, 5.74) is -4.64. The van der Waals surface area contributed by atoms with E-state index in [9.17, 15) is 39.5 Å². The van der Waals surface area contributed by atoms with E-state index in [1.807, 2.05) is 0 Å². The van der Waals surface area contributed by atoms with Crippen LogP contribution in [-0.2, 0) is 6.18 Å². The molecule has 1 aliphatic rings. The minimum atomic E-state index is -5.41. The predicted molar refractivity (Wildman–Crippen MR) is 106 cm³/mol. The maximum atomic E-state index is 14.6. The van der Waals surface area contributed by atoms with Gasteiger partial charge in [-0.2, -0.15) is 13.2 Å². The Morgan fingerprint density at radius 1 is 0.788 bits per heavy atom. The van der Waals surface area contributed by atoms with Crippen molar-refractivity contribution in [1.82, 2.24) is 0 Å². The summed E-state index contributed by atoms with van der Waals surface area (Å²) >= 11 is 0. The fraction of sp³-hybridized carbons (Fsp3) is 0.417. The van der Waals surface area contributed by atoms with Crippen molar-refractivity contribution in [2.75, 3.05) is 0 Å². The highest BCUT2D eigenvalue weighted by molar-refractivity contribution is 5.83. The van der Waals surface area contributed by atoms with Gasteiger partial charge in [-0.15, -0.1) is 0 Å².